The van der Waals surface area contributed by atoms with Crippen molar-refractivity contribution in [2.45, 2.75) is 143 Å². The van der Waals surface area contributed by atoms with Crippen molar-refractivity contribution in [1.29, 1.82) is 0 Å². The average molecular weight is 484 g/mol. The van der Waals surface area contributed by atoms with E-state index in [1.807, 2.05) is 13.8 Å². The Morgan fingerprint density at radius 2 is 1.21 bits per heavy atom. The molecule has 0 bridgehead atoms. The molecule has 1 amide bonds. The van der Waals surface area contributed by atoms with Crippen LogP contribution in [0.25, 0.3) is 0 Å². The van der Waals surface area contributed by atoms with E-state index in [0.29, 0.717) is 19.1 Å². The third kappa shape index (κ3) is 16.4. The van der Waals surface area contributed by atoms with Gasteiger partial charge in [0.25, 0.3) is 0 Å². The number of amides is 1. The van der Waals surface area contributed by atoms with Crippen molar-refractivity contribution in [2.24, 2.45) is 11.8 Å². The number of esters is 1. The lowest BCUT2D eigenvalue weighted by molar-refractivity contribution is -0.150. The van der Waals surface area contributed by atoms with E-state index in [2.05, 4.69) is 20.8 Å². The Kier molecular flexibility index (Phi) is 21.4. The number of hydrogen-bond acceptors (Lipinski definition) is 4. The van der Waals surface area contributed by atoms with Gasteiger partial charge in [0.05, 0.1) is 13.2 Å². The van der Waals surface area contributed by atoms with Gasteiger partial charge in [-0.15, -0.1) is 0 Å². The molecular weight excluding hydrogens is 426 g/mol. The second-order valence-corrected chi connectivity index (χ2v) is 10.3. The van der Waals surface area contributed by atoms with Crippen LogP contribution in [0, 0.1) is 11.8 Å². The molecule has 0 rings (SSSR count). The van der Waals surface area contributed by atoms with E-state index in [1.165, 1.54) is 69.1 Å². The topological polar surface area (TPSA) is 55.8 Å². The fourth-order valence-corrected chi connectivity index (χ4v) is 4.38. The van der Waals surface area contributed by atoms with Gasteiger partial charge in [-0.25, -0.2) is 9.59 Å². The maximum atomic E-state index is 12.7. The Hall–Kier alpha value is -1.26. The highest BCUT2D eigenvalue weighted by Crippen LogP contribution is 2.17. The van der Waals surface area contributed by atoms with Crippen molar-refractivity contribution in [3.63, 3.8) is 0 Å². The van der Waals surface area contributed by atoms with Gasteiger partial charge in [0, 0.05) is 7.05 Å². The van der Waals surface area contributed by atoms with E-state index in [4.69, 9.17) is 9.47 Å². The van der Waals surface area contributed by atoms with E-state index in [9.17, 15) is 9.59 Å². The molecule has 0 spiro atoms. The minimum atomic E-state index is -0.611. The molecule has 0 aromatic rings. The molecule has 202 valence electrons. The van der Waals surface area contributed by atoms with Gasteiger partial charge in [-0.05, 0) is 24.7 Å². The van der Waals surface area contributed by atoms with Gasteiger partial charge in [-0.2, -0.15) is 0 Å². The SMILES string of the molecule is CCCCCCCCCCCCCCOC(=O)C(C(C)C)N(C)C(=O)OCC(CC)CCCC. The summed E-state index contributed by atoms with van der Waals surface area (Å²) in [7, 11) is 1.64. The van der Waals surface area contributed by atoms with Gasteiger partial charge in [-0.3, -0.25) is 4.90 Å². The smallest absolute Gasteiger partial charge is 0.410 e. The molecule has 0 N–H and O–H groups in total. The summed E-state index contributed by atoms with van der Waals surface area (Å²) in [5.74, 6) is 0.0252. The zero-order chi connectivity index (χ0) is 25.6. The summed E-state index contributed by atoms with van der Waals surface area (Å²) in [5, 5.41) is 0. The van der Waals surface area contributed by atoms with Crippen LogP contribution in [0.2, 0.25) is 0 Å². The minimum absolute atomic E-state index is 0.0333. The van der Waals surface area contributed by atoms with Crippen molar-refractivity contribution in [3.05, 3.63) is 0 Å². The number of carbonyl (C=O) groups excluding carboxylic acids is 2. The van der Waals surface area contributed by atoms with Crippen LogP contribution < -0.4 is 0 Å². The lowest BCUT2D eigenvalue weighted by Crippen LogP contribution is -2.47. The summed E-state index contributed by atoms with van der Waals surface area (Å²) >= 11 is 0. The quantitative estimate of drug-likeness (QED) is 0.114. The lowest BCUT2D eigenvalue weighted by atomic mass is 10.0. The molecule has 0 aromatic heterocycles. The Labute approximate surface area is 211 Å². The molecule has 0 saturated heterocycles. The largest absolute Gasteiger partial charge is 0.464 e. The molecule has 2 atom stereocenters. The number of unbranched alkanes of at least 4 members (excludes halogenated alkanes) is 12. The maximum absolute atomic E-state index is 12.7. The summed E-state index contributed by atoms with van der Waals surface area (Å²) < 4.78 is 11.1. The number of rotatable bonds is 22. The first-order chi connectivity index (χ1) is 16.4. The second-order valence-electron chi connectivity index (χ2n) is 10.3. The van der Waals surface area contributed by atoms with Crippen molar-refractivity contribution in [2.75, 3.05) is 20.3 Å². The predicted molar refractivity (Wildman–Crippen MR) is 143 cm³/mol. The third-order valence-electron chi connectivity index (χ3n) is 6.81. The molecule has 5 heteroatoms. The molecule has 34 heavy (non-hydrogen) atoms. The molecule has 2 unspecified atom stereocenters. The first kappa shape index (κ1) is 32.7. The summed E-state index contributed by atoms with van der Waals surface area (Å²) in [5.41, 5.74) is 0. The first-order valence-corrected chi connectivity index (χ1v) is 14.4. The molecular formula is C29H57NO4. The highest BCUT2D eigenvalue weighted by atomic mass is 16.6. The van der Waals surface area contributed by atoms with Crippen molar-refractivity contribution < 1.29 is 19.1 Å². The molecule has 0 saturated carbocycles. The Morgan fingerprint density at radius 3 is 1.68 bits per heavy atom. The van der Waals surface area contributed by atoms with Crippen LogP contribution in [0.5, 0.6) is 0 Å². The zero-order valence-corrected chi connectivity index (χ0v) is 23.5. The van der Waals surface area contributed by atoms with Gasteiger partial charge in [-0.1, -0.05) is 125 Å². The Bertz CT molecular complexity index is 495. The number of ether oxygens (including phenoxy) is 2. The summed E-state index contributed by atoms with van der Waals surface area (Å²) in [4.78, 5) is 26.7. The van der Waals surface area contributed by atoms with Crippen LogP contribution in [0.15, 0.2) is 0 Å². The van der Waals surface area contributed by atoms with E-state index in [0.717, 1.165) is 38.5 Å². The molecule has 0 aliphatic heterocycles. The zero-order valence-electron chi connectivity index (χ0n) is 23.5. The molecule has 0 fully saturated rings. The normalized spacial score (nSPS) is 13.0. The summed E-state index contributed by atoms with van der Waals surface area (Å²) in [6.45, 7) is 11.3. The molecule has 0 aliphatic rings. The summed E-state index contributed by atoms with van der Waals surface area (Å²) in [6.07, 6.45) is 19.2. The van der Waals surface area contributed by atoms with Crippen molar-refractivity contribution >= 4 is 12.1 Å². The molecule has 0 aromatic carbocycles. The van der Waals surface area contributed by atoms with Crippen LogP contribution in [0.1, 0.15) is 137 Å². The van der Waals surface area contributed by atoms with Crippen molar-refractivity contribution in [1.82, 2.24) is 4.90 Å². The van der Waals surface area contributed by atoms with E-state index >= 15 is 0 Å². The summed E-state index contributed by atoms with van der Waals surface area (Å²) in [6, 6.07) is -0.611. The van der Waals surface area contributed by atoms with Crippen LogP contribution in [0.4, 0.5) is 4.79 Å². The standard InChI is InChI=1S/C29H57NO4/c1-7-10-12-13-14-15-16-17-18-19-20-21-23-33-28(31)27(25(4)5)30(6)29(32)34-24-26(9-3)22-11-8-2/h25-27H,7-24H2,1-6H3. The fraction of sp³-hybridized carbons (Fsp3) is 0.931. The highest BCUT2D eigenvalue weighted by Gasteiger charge is 2.32. The fourth-order valence-electron chi connectivity index (χ4n) is 4.38. The van der Waals surface area contributed by atoms with Gasteiger partial charge in [0.1, 0.15) is 6.04 Å². The van der Waals surface area contributed by atoms with Crippen LogP contribution in [0.3, 0.4) is 0 Å². The van der Waals surface area contributed by atoms with Gasteiger partial charge in [0.15, 0.2) is 0 Å². The van der Waals surface area contributed by atoms with Crippen LogP contribution in [-0.4, -0.2) is 43.3 Å². The highest BCUT2D eigenvalue weighted by molar-refractivity contribution is 5.81. The number of likely N-dealkylation sites (N-methyl/N-ethyl adjacent to an activating group) is 1. The molecule has 0 radical (unpaired) electrons. The van der Waals surface area contributed by atoms with Crippen LogP contribution >= 0.6 is 0 Å². The van der Waals surface area contributed by atoms with E-state index in [1.54, 1.807) is 7.05 Å². The predicted octanol–water partition coefficient (Wildman–Crippen LogP) is 8.54. The number of carbonyl (C=O) groups is 2. The third-order valence-corrected chi connectivity index (χ3v) is 6.81. The average Bonchev–Trinajstić information content (AvgIpc) is 2.81. The molecule has 0 aliphatic carbocycles. The monoisotopic (exact) mass is 483 g/mol. The minimum Gasteiger partial charge on any atom is -0.464 e. The van der Waals surface area contributed by atoms with Crippen molar-refractivity contribution in [3.8, 4) is 0 Å². The second kappa shape index (κ2) is 22.2. The lowest BCUT2D eigenvalue weighted by Gasteiger charge is -2.29. The van der Waals surface area contributed by atoms with E-state index in [-0.39, 0.29) is 11.9 Å². The first-order valence-electron chi connectivity index (χ1n) is 14.4. The van der Waals surface area contributed by atoms with E-state index < -0.39 is 12.1 Å². The number of nitrogens with zero attached hydrogens (tertiary/aromatic N) is 1. The van der Waals surface area contributed by atoms with Gasteiger partial charge in [0.2, 0.25) is 0 Å². The Morgan fingerprint density at radius 1 is 0.706 bits per heavy atom. The van der Waals surface area contributed by atoms with Gasteiger partial charge >= 0.3 is 12.1 Å². The van der Waals surface area contributed by atoms with Crippen LogP contribution in [-0.2, 0) is 14.3 Å². The number of hydrogen-bond donors (Lipinski definition) is 0. The molecule has 0 heterocycles. The van der Waals surface area contributed by atoms with Gasteiger partial charge < -0.3 is 9.47 Å². The Balaban J connectivity index is 4.08. The maximum Gasteiger partial charge on any atom is 0.410 e. The molecule has 5 nitrogen and oxygen atoms in total.